The van der Waals surface area contributed by atoms with Crippen molar-refractivity contribution in [1.82, 2.24) is 9.55 Å². The molecule has 0 unspecified atom stereocenters. The fraction of sp³-hybridized carbons (Fsp3) is 0.400. The van der Waals surface area contributed by atoms with Gasteiger partial charge in [0.05, 0.1) is 0 Å². The molecule has 0 radical (unpaired) electrons. The van der Waals surface area contributed by atoms with Crippen LogP contribution < -0.4 is 10.3 Å². The molecule has 2 aromatic heterocycles. The van der Waals surface area contributed by atoms with Crippen molar-refractivity contribution < 1.29 is 14.6 Å². The number of aryl methyl sites for hydroxylation is 1. The van der Waals surface area contributed by atoms with Crippen LogP contribution in [-0.2, 0) is 23.4 Å². The Morgan fingerprint density at radius 2 is 1.97 bits per heavy atom. The molecule has 6 nitrogen and oxygen atoms in total. The summed E-state index contributed by atoms with van der Waals surface area (Å²) in [6.07, 6.45) is 1.13. The van der Waals surface area contributed by atoms with Crippen molar-refractivity contribution in [3.8, 4) is 17.1 Å². The molecule has 166 valence electrons. The summed E-state index contributed by atoms with van der Waals surface area (Å²) in [5.41, 5.74) is 3.35. The molecule has 0 fully saturated rings. The van der Waals surface area contributed by atoms with Crippen LogP contribution in [-0.4, -0.2) is 33.9 Å². The maximum atomic E-state index is 13.4. The van der Waals surface area contributed by atoms with Crippen molar-refractivity contribution >= 4 is 30.1 Å². The van der Waals surface area contributed by atoms with Gasteiger partial charge in [-0.3, -0.25) is 0 Å². The minimum atomic E-state index is -1.79. The third-order valence-electron chi connectivity index (χ3n) is 6.79. The van der Waals surface area contributed by atoms with E-state index < -0.39 is 24.8 Å². The fourth-order valence-corrected chi connectivity index (χ4v) is 6.97. The first kappa shape index (κ1) is 21.4. The van der Waals surface area contributed by atoms with Crippen LogP contribution in [0.3, 0.4) is 0 Å². The number of para-hydroxylation sites is 1. The number of carbonyl (C=O) groups excluding carboxylic acids is 1. The molecule has 0 amide bonds. The van der Waals surface area contributed by atoms with Crippen molar-refractivity contribution in [3.05, 3.63) is 57.4 Å². The molecule has 0 saturated carbocycles. The van der Waals surface area contributed by atoms with Crippen LogP contribution in [0.5, 0.6) is 5.75 Å². The molecular weight excluding hydrogens is 465 g/mol. The average Bonchev–Trinajstić information content (AvgIpc) is 3.10. The Morgan fingerprint density at radius 3 is 2.69 bits per heavy atom. The summed E-state index contributed by atoms with van der Waals surface area (Å²) in [5.74, 6) is 6.62. The molecule has 7 heteroatoms. The van der Waals surface area contributed by atoms with Crippen LogP contribution in [0, 0.1) is 0 Å². The normalized spacial score (nSPS) is 19.5. The molecule has 1 aromatic carbocycles. The molecule has 0 saturated heterocycles. The summed E-state index contributed by atoms with van der Waals surface area (Å²) in [6, 6.07) is 9.96. The Morgan fingerprint density at radius 1 is 1.22 bits per heavy atom. The number of benzene rings is 1. The van der Waals surface area contributed by atoms with E-state index in [9.17, 15) is 14.7 Å². The van der Waals surface area contributed by atoms with Gasteiger partial charge in [0.2, 0.25) is 0 Å². The van der Waals surface area contributed by atoms with Gasteiger partial charge in [-0.1, -0.05) is 0 Å². The molecule has 0 bridgehead atoms. The Balaban J connectivity index is 1.76. The van der Waals surface area contributed by atoms with Gasteiger partial charge in [0.1, 0.15) is 0 Å². The standard InChI is InChI=1S/C25H28GeN2O4/c1-5-25(31)13-21(29)32-23-18(25)12-20-22-17(14-28(20)24(23)30)15(10-11-26(2,3)4)16-8-6-7-9-19(16)27-22/h6-9,12,31H,5,10-11,13-14H2,1-4H3/t25-/m1/s1. The zero-order chi connectivity index (χ0) is 22.8. The summed E-state index contributed by atoms with van der Waals surface area (Å²) in [6.45, 7) is 2.21. The zero-order valence-corrected chi connectivity index (χ0v) is 21.1. The molecule has 2 aliphatic rings. The van der Waals surface area contributed by atoms with E-state index >= 15 is 0 Å². The molecule has 1 atom stereocenters. The van der Waals surface area contributed by atoms with Gasteiger partial charge in [-0.05, 0) is 0 Å². The number of rotatable bonds is 4. The number of hydrogen-bond donors (Lipinski definition) is 1. The number of esters is 1. The van der Waals surface area contributed by atoms with Crippen molar-refractivity contribution in [2.75, 3.05) is 0 Å². The number of aromatic nitrogens is 2. The molecule has 1 N–H and O–H groups in total. The van der Waals surface area contributed by atoms with Gasteiger partial charge < -0.3 is 0 Å². The van der Waals surface area contributed by atoms with E-state index in [0.717, 1.165) is 28.6 Å². The van der Waals surface area contributed by atoms with E-state index in [1.807, 2.05) is 31.2 Å². The van der Waals surface area contributed by atoms with Crippen LogP contribution >= 0.6 is 0 Å². The van der Waals surface area contributed by atoms with E-state index in [1.54, 1.807) is 4.57 Å². The number of fused-ring (bicyclic) bond motifs is 5. The van der Waals surface area contributed by atoms with Crippen molar-refractivity contribution in [2.24, 2.45) is 0 Å². The quantitative estimate of drug-likeness (QED) is 0.341. The number of ether oxygens (including phenoxy) is 1. The van der Waals surface area contributed by atoms with Crippen molar-refractivity contribution in [3.63, 3.8) is 0 Å². The van der Waals surface area contributed by atoms with Gasteiger partial charge in [0, 0.05) is 0 Å². The Hall–Kier alpha value is -2.45. The summed E-state index contributed by atoms with van der Waals surface area (Å²) in [7, 11) is 0. The van der Waals surface area contributed by atoms with Gasteiger partial charge in [-0.2, -0.15) is 0 Å². The van der Waals surface area contributed by atoms with Gasteiger partial charge in [-0.15, -0.1) is 0 Å². The number of aliphatic hydroxyl groups is 1. The van der Waals surface area contributed by atoms with Crippen LogP contribution in [0.25, 0.3) is 22.3 Å². The zero-order valence-electron chi connectivity index (χ0n) is 19.0. The molecule has 4 heterocycles. The van der Waals surface area contributed by atoms with Crippen molar-refractivity contribution in [1.29, 1.82) is 0 Å². The third kappa shape index (κ3) is 3.31. The number of nitrogens with zero attached hydrogens (tertiary/aromatic N) is 2. The van der Waals surface area contributed by atoms with E-state index in [1.165, 1.54) is 10.8 Å². The SMILES string of the molecule is CC[C@@]1(O)CC(=O)Oc2c1cc1n(c2=O)Cc2c-1nc1ccccc1c2C[CH2][Ge]([CH3])([CH3])[CH3]. The second kappa shape index (κ2) is 7.28. The first-order valence-corrected chi connectivity index (χ1v) is 19.0. The molecule has 2 aliphatic heterocycles. The third-order valence-corrected chi connectivity index (χ3v) is 10.5. The number of hydrogen-bond acceptors (Lipinski definition) is 5. The molecule has 0 spiro atoms. The van der Waals surface area contributed by atoms with Crippen LogP contribution in [0.1, 0.15) is 36.5 Å². The first-order chi connectivity index (χ1) is 15.1. The van der Waals surface area contributed by atoms with Gasteiger partial charge in [-0.25, -0.2) is 0 Å². The molecule has 32 heavy (non-hydrogen) atoms. The monoisotopic (exact) mass is 494 g/mol. The van der Waals surface area contributed by atoms with Gasteiger partial charge in [0.25, 0.3) is 0 Å². The second-order valence-corrected chi connectivity index (χ2v) is 22.0. The van der Waals surface area contributed by atoms with Gasteiger partial charge >= 0.3 is 190 Å². The minimum absolute atomic E-state index is 0.0436. The average molecular weight is 493 g/mol. The predicted octanol–water partition coefficient (Wildman–Crippen LogP) is 4.21. The maximum absolute atomic E-state index is 13.4. The van der Waals surface area contributed by atoms with Crippen molar-refractivity contribution in [2.45, 2.75) is 60.9 Å². The Bertz CT molecular complexity index is 1340. The number of carbonyl (C=O) groups is 1. The number of pyridine rings is 2. The summed E-state index contributed by atoms with van der Waals surface area (Å²) in [4.78, 5) is 30.5. The summed E-state index contributed by atoms with van der Waals surface area (Å²) in [5, 5.41) is 13.5. The summed E-state index contributed by atoms with van der Waals surface area (Å²) < 4.78 is 6.98. The van der Waals surface area contributed by atoms with E-state index in [-0.39, 0.29) is 17.7 Å². The molecular formula is C25H28GeN2O4. The van der Waals surface area contributed by atoms with E-state index in [2.05, 4.69) is 23.3 Å². The summed E-state index contributed by atoms with van der Waals surface area (Å²) >= 11 is -1.79. The predicted molar refractivity (Wildman–Crippen MR) is 127 cm³/mol. The first-order valence-electron chi connectivity index (χ1n) is 11.2. The topological polar surface area (TPSA) is 81.4 Å². The molecule has 0 aliphatic carbocycles. The van der Waals surface area contributed by atoms with Crippen LogP contribution in [0.2, 0.25) is 22.5 Å². The Kier molecular flexibility index (Phi) is 4.87. The van der Waals surface area contributed by atoms with Crippen LogP contribution in [0.15, 0.2) is 35.1 Å². The van der Waals surface area contributed by atoms with Gasteiger partial charge in [0.15, 0.2) is 0 Å². The fourth-order valence-electron chi connectivity index (χ4n) is 4.87. The molecule has 3 aromatic rings. The molecule has 5 rings (SSSR count). The second-order valence-electron chi connectivity index (χ2n) is 10.2. The van der Waals surface area contributed by atoms with E-state index in [4.69, 9.17) is 9.72 Å². The van der Waals surface area contributed by atoms with E-state index in [0.29, 0.717) is 24.2 Å². The van der Waals surface area contributed by atoms with Crippen LogP contribution in [0.4, 0.5) is 0 Å². The Labute approximate surface area is 189 Å².